The molecular weight excluding hydrogens is 230 g/mol. The van der Waals surface area contributed by atoms with Crippen molar-refractivity contribution in [3.05, 3.63) is 39.8 Å². The fourth-order valence-electron chi connectivity index (χ4n) is 1.92. The molecule has 1 atom stereocenters. The van der Waals surface area contributed by atoms with E-state index in [-0.39, 0.29) is 6.04 Å². The maximum absolute atomic E-state index is 4.27. The van der Waals surface area contributed by atoms with E-state index in [0.29, 0.717) is 0 Å². The van der Waals surface area contributed by atoms with Crippen LogP contribution in [0.1, 0.15) is 35.4 Å². The van der Waals surface area contributed by atoms with E-state index in [1.807, 2.05) is 29.3 Å². The van der Waals surface area contributed by atoms with Crippen LogP contribution in [-0.2, 0) is 7.05 Å². The Morgan fingerprint density at radius 3 is 2.88 bits per heavy atom. The van der Waals surface area contributed by atoms with Crippen molar-refractivity contribution < 1.29 is 0 Å². The summed E-state index contributed by atoms with van der Waals surface area (Å²) in [5.41, 5.74) is 2.60. The van der Waals surface area contributed by atoms with Crippen molar-refractivity contribution in [1.82, 2.24) is 15.1 Å². The summed E-state index contributed by atoms with van der Waals surface area (Å²) in [7, 11) is 1.96. The molecule has 0 spiro atoms. The van der Waals surface area contributed by atoms with Crippen LogP contribution < -0.4 is 5.32 Å². The fourth-order valence-corrected chi connectivity index (χ4v) is 2.95. The van der Waals surface area contributed by atoms with Gasteiger partial charge in [0.2, 0.25) is 0 Å². The molecule has 2 rings (SSSR count). The van der Waals surface area contributed by atoms with Gasteiger partial charge in [-0.05, 0) is 36.9 Å². The molecule has 92 valence electrons. The predicted octanol–water partition coefficient (Wildman–Crippen LogP) is 2.88. The molecule has 2 aromatic heterocycles. The third kappa shape index (κ3) is 2.76. The Labute approximate surface area is 106 Å². The second-order valence-corrected chi connectivity index (χ2v) is 5.25. The van der Waals surface area contributed by atoms with Crippen LogP contribution in [0, 0.1) is 6.92 Å². The zero-order valence-corrected chi connectivity index (χ0v) is 11.4. The lowest BCUT2D eigenvalue weighted by Gasteiger charge is -2.16. The molecule has 0 fully saturated rings. The number of aryl methyl sites for hydroxylation is 2. The second-order valence-electron chi connectivity index (χ2n) is 4.30. The number of aromatic nitrogens is 2. The quantitative estimate of drug-likeness (QED) is 0.883. The Bertz CT molecular complexity index is 472. The molecule has 0 aliphatic rings. The van der Waals surface area contributed by atoms with E-state index in [1.165, 1.54) is 16.0 Å². The van der Waals surface area contributed by atoms with Crippen LogP contribution in [0.5, 0.6) is 0 Å². The van der Waals surface area contributed by atoms with E-state index in [1.54, 1.807) is 0 Å². The van der Waals surface area contributed by atoms with Crippen molar-refractivity contribution in [1.29, 1.82) is 0 Å². The maximum Gasteiger partial charge on any atom is 0.0704 e. The monoisotopic (exact) mass is 249 g/mol. The van der Waals surface area contributed by atoms with E-state index in [4.69, 9.17) is 0 Å². The number of hydrogen-bond donors (Lipinski definition) is 1. The van der Waals surface area contributed by atoms with E-state index in [0.717, 1.165) is 13.0 Å². The Hall–Kier alpha value is -1.13. The molecule has 3 nitrogen and oxygen atoms in total. The summed E-state index contributed by atoms with van der Waals surface area (Å²) in [4.78, 5) is 1.39. The van der Waals surface area contributed by atoms with Crippen LogP contribution in [0.25, 0.3) is 0 Å². The first-order valence-electron chi connectivity index (χ1n) is 5.98. The van der Waals surface area contributed by atoms with Crippen LogP contribution in [-0.4, -0.2) is 16.3 Å². The molecule has 0 aromatic carbocycles. The number of rotatable bonds is 5. The number of hydrogen-bond acceptors (Lipinski definition) is 3. The SMILES string of the molecule is CCCNC(c1cnn(C)c1)c1sccc1C. The van der Waals surface area contributed by atoms with Gasteiger partial charge < -0.3 is 5.32 Å². The molecule has 0 bridgehead atoms. The summed E-state index contributed by atoms with van der Waals surface area (Å²) in [6.07, 6.45) is 5.18. The fraction of sp³-hybridized carbons (Fsp3) is 0.462. The van der Waals surface area contributed by atoms with Crippen molar-refractivity contribution in [2.24, 2.45) is 7.05 Å². The minimum absolute atomic E-state index is 0.281. The number of nitrogens with zero attached hydrogens (tertiary/aromatic N) is 2. The third-order valence-corrected chi connectivity index (χ3v) is 3.90. The molecule has 17 heavy (non-hydrogen) atoms. The van der Waals surface area contributed by atoms with E-state index in [9.17, 15) is 0 Å². The smallest absolute Gasteiger partial charge is 0.0704 e. The van der Waals surface area contributed by atoms with Gasteiger partial charge in [-0.25, -0.2) is 0 Å². The molecule has 2 heterocycles. The molecule has 1 N–H and O–H groups in total. The van der Waals surface area contributed by atoms with Crippen LogP contribution in [0.4, 0.5) is 0 Å². The highest BCUT2D eigenvalue weighted by atomic mass is 32.1. The minimum Gasteiger partial charge on any atom is -0.305 e. The second kappa shape index (κ2) is 5.47. The lowest BCUT2D eigenvalue weighted by Crippen LogP contribution is -2.22. The lowest BCUT2D eigenvalue weighted by molar-refractivity contribution is 0.603. The highest BCUT2D eigenvalue weighted by molar-refractivity contribution is 7.10. The highest BCUT2D eigenvalue weighted by Crippen LogP contribution is 2.29. The van der Waals surface area contributed by atoms with Crippen molar-refractivity contribution in [2.45, 2.75) is 26.3 Å². The van der Waals surface area contributed by atoms with Gasteiger partial charge in [0.1, 0.15) is 0 Å². The molecule has 0 aliphatic carbocycles. The predicted molar refractivity (Wildman–Crippen MR) is 72.4 cm³/mol. The van der Waals surface area contributed by atoms with Gasteiger partial charge in [0, 0.05) is 23.7 Å². The summed E-state index contributed by atoms with van der Waals surface area (Å²) in [5.74, 6) is 0. The van der Waals surface area contributed by atoms with Gasteiger partial charge in [0.15, 0.2) is 0 Å². The molecular formula is C13H19N3S. The number of nitrogens with one attached hydrogen (secondary N) is 1. The summed E-state index contributed by atoms with van der Waals surface area (Å²) in [6, 6.07) is 2.46. The van der Waals surface area contributed by atoms with E-state index >= 15 is 0 Å². The normalized spacial score (nSPS) is 12.9. The molecule has 0 saturated carbocycles. The summed E-state index contributed by atoms with van der Waals surface area (Å²) in [6.45, 7) is 5.38. The molecule has 0 amide bonds. The van der Waals surface area contributed by atoms with Crippen molar-refractivity contribution in [3.63, 3.8) is 0 Å². The molecule has 2 aromatic rings. The zero-order chi connectivity index (χ0) is 12.3. The van der Waals surface area contributed by atoms with Gasteiger partial charge in [-0.1, -0.05) is 6.92 Å². The Kier molecular flexibility index (Phi) is 3.97. The standard InChI is InChI=1S/C13H19N3S/c1-4-6-14-12(11-8-15-16(3)9-11)13-10(2)5-7-17-13/h5,7-9,12,14H,4,6H2,1-3H3. The maximum atomic E-state index is 4.27. The summed E-state index contributed by atoms with van der Waals surface area (Å²) < 4.78 is 1.86. The topological polar surface area (TPSA) is 29.9 Å². The van der Waals surface area contributed by atoms with Gasteiger partial charge in [0.25, 0.3) is 0 Å². The average molecular weight is 249 g/mol. The van der Waals surface area contributed by atoms with Gasteiger partial charge >= 0.3 is 0 Å². The molecule has 0 radical (unpaired) electrons. The zero-order valence-electron chi connectivity index (χ0n) is 10.6. The van der Waals surface area contributed by atoms with Crippen LogP contribution in [0.15, 0.2) is 23.8 Å². The third-order valence-electron chi connectivity index (χ3n) is 2.82. The first kappa shape index (κ1) is 12.3. The summed E-state index contributed by atoms with van der Waals surface area (Å²) >= 11 is 1.81. The van der Waals surface area contributed by atoms with Gasteiger partial charge in [-0.3, -0.25) is 4.68 Å². The molecule has 0 saturated heterocycles. The van der Waals surface area contributed by atoms with Gasteiger partial charge in [-0.15, -0.1) is 11.3 Å². The van der Waals surface area contributed by atoms with Gasteiger partial charge in [0.05, 0.1) is 12.2 Å². The molecule has 0 aliphatic heterocycles. The molecule has 4 heteroatoms. The highest BCUT2D eigenvalue weighted by Gasteiger charge is 2.17. The van der Waals surface area contributed by atoms with E-state index in [2.05, 4.69) is 41.9 Å². The van der Waals surface area contributed by atoms with Gasteiger partial charge in [-0.2, -0.15) is 5.10 Å². The first-order valence-corrected chi connectivity index (χ1v) is 6.86. The van der Waals surface area contributed by atoms with Crippen molar-refractivity contribution >= 4 is 11.3 Å². The Morgan fingerprint density at radius 1 is 1.53 bits per heavy atom. The largest absolute Gasteiger partial charge is 0.305 e. The Morgan fingerprint density at radius 2 is 2.35 bits per heavy atom. The minimum atomic E-state index is 0.281. The van der Waals surface area contributed by atoms with E-state index < -0.39 is 0 Å². The van der Waals surface area contributed by atoms with Crippen LogP contribution in [0.2, 0.25) is 0 Å². The average Bonchev–Trinajstić information content (AvgIpc) is 2.90. The number of thiophene rings is 1. The first-order chi connectivity index (χ1) is 8.22. The summed E-state index contributed by atoms with van der Waals surface area (Å²) in [5, 5.41) is 10.0. The van der Waals surface area contributed by atoms with Crippen LogP contribution in [0.3, 0.4) is 0 Å². The van der Waals surface area contributed by atoms with Crippen molar-refractivity contribution in [2.75, 3.05) is 6.54 Å². The van der Waals surface area contributed by atoms with Crippen molar-refractivity contribution in [3.8, 4) is 0 Å². The molecule has 1 unspecified atom stereocenters. The van der Waals surface area contributed by atoms with Crippen LogP contribution >= 0.6 is 11.3 Å². The lowest BCUT2D eigenvalue weighted by atomic mass is 10.1. The Balaban J connectivity index is 2.28.